The number of aryl methyl sites for hydroxylation is 1. The largest absolute Gasteiger partial charge is 0.456 e. The van der Waals surface area contributed by atoms with E-state index >= 15 is 0 Å². The molecule has 0 bridgehead atoms. The number of likely N-dealkylation sites (tertiary alicyclic amines) is 1. The summed E-state index contributed by atoms with van der Waals surface area (Å²) in [5.74, 6) is 0.986. The van der Waals surface area contributed by atoms with Gasteiger partial charge in [-0.1, -0.05) is 6.07 Å². The lowest BCUT2D eigenvalue weighted by Gasteiger charge is -2.35. The summed E-state index contributed by atoms with van der Waals surface area (Å²) < 4.78 is 5.43. The third-order valence-electron chi connectivity index (χ3n) is 5.70. The zero-order chi connectivity index (χ0) is 20.2. The molecule has 2 aliphatic rings. The van der Waals surface area contributed by atoms with E-state index in [1.807, 2.05) is 6.92 Å². The van der Waals surface area contributed by atoms with Crippen molar-refractivity contribution in [1.82, 2.24) is 20.0 Å². The molecule has 7 nitrogen and oxygen atoms in total. The van der Waals surface area contributed by atoms with Crippen LogP contribution in [0, 0.1) is 6.92 Å². The lowest BCUT2D eigenvalue weighted by Crippen LogP contribution is -2.53. The van der Waals surface area contributed by atoms with Crippen molar-refractivity contribution in [3.05, 3.63) is 46.0 Å². The first-order valence-electron chi connectivity index (χ1n) is 10.3. The van der Waals surface area contributed by atoms with E-state index in [0.29, 0.717) is 38.5 Å². The molecule has 0 spiro atoms. The highest BCUT2D eigenvalue weighted by atomic mass is 32.1. The lowest BCUT2D eigenvalue weighted by atomic mass is 10.2. The molecule has 29 heavy (non-hydrogen) atoms. The summed E-state index contributed by atoms with van der Waals surface area (Å²) in [4.78, 5) is 32.5. The molecular weight excluding hydrogens is 388 g/mol. The van der Waals surface area contributed by atoms with Crippen LogP contribution < -0.4 is 5.32 Å². The molecule has 0 radical (unpaired) electrons. The van der Waals surface area contributed by atoms with Gasteiger partial charge in [0.2, 0.25) is 0 Å². The van der Waals surface area contributed by atoms with Gasteiger partial charge in [-0.15, -0.1) is 11.3 Å². The number of thiophene rings is 1. The number of furan rings is 1. The van der Waals surface area contributed by atoms with Gasteiger partial charge in [0.1, 0.15) is 5.76 Å². The first-order valence-corrected chi connectivity index (χ1v) is 11.2. The second-order valence-corrected chi connectivity index (χ2v) is 8.63. The van der Waals surface area contributed by atoms with Crippen LogP contribution in [-0.2, 0) is 0 Å². The number of hydrogen-bond donors (Lipinski definition) is 1. The van der Waals surface area contributed by atoms with Gasteiger partial charge in [-0.05, 0) is 56.4 Å². The van der Waals surface area contributed by atoms with E-state index in [2.05, 4.69) is 27.7 Å². The van der Waals surface area contributed by atoms with Gasteiger partial charge in [-0.3, -0.25) is 9.69 Å². The van der Waals surface area contributed by atoms with Gasteiger partial charge in [0, 0.05) is 37.6 Å². The number of amides is 3. The fraction of sp³-hybridized carbons (Fsp3) is 0.524. The Bertz CT molecular complexity index is 821. The van der Waals surface area contributed by atoms with Crippen LogP contribution in [0.2, 0.25) is 0 Å². The fourth-order valence-corrected chi connectivity index (χ4v) is 4.92. The normalized spacial score (nSPS) is 18.8. The third-order valence-corrected chi connectivity index (χ3v) is 6.68. The van der Waals surface area contributed by atoms with E-state index in [1.165, 1.54) is 17.7 Å². The molecule has 1 unspecified atom stereocenters. The molecule has 2 aromatic rings. The molecule has 4 rings (SSSR count). The van der Waals surface area contributed by atoms with Gasteiger partial charge in [-0.25, -0.2) is 4.79 Å². The number of urea groups is 1. The Balaban J connectivity index is 1.28. The zero-order valence-corrected chi connectivity index (χ0v) is 17.6. The number of rotatable bonds is 5. The van der Waals surface area contributed by atoms with Crippen LogP contribution in [0.1, 0.15) is 40.1 Å². The van der Waals surface area contributed by atoms with Crippen molar-refractivity contribution in [3.8, 4) is 0 Å². The molecule has 1 atom stereocenters. The topological polar surface area (TPSA) is 69.0 Å². The molecule has 2 saturated heterocycles. The van der Waals surface area contributed by atoms with E-state index < -0.39 is 0 Å². The smallest absolute Gasteiger partial charge is 0.317 e. The summed E-state index contributed by atoms with van der Waals surface area (Å²) in [6.45, 7) is 6.72. The van der Waals surface area contributed by atoms with E-state index in [9.17, 15) is 9.59 Å². The van der Waals surface area contributed by atoms with Gasteiger partial charge in [0.25, 0.3) is 5.91 Å². The molecule has 0 aliphatic carbocycles. The minimum atomic E-state index is -0.107. The summed E-state index contributed by atoms with van der Waals surface area (Å²) in [7, 11) is 0. The Hall–Kier alpha value is -2.32. The van der Waals surface area contributed by atoms with E-state index in [1.54, 1.807) is 33.3 Å². The Morgan fingerprint density at radius 2 is 1.79 bits per heavy atom. The molecule has 8 heteroatoms. The Kier molecular flexibility index (Phi) is 6.20. The van der Waals surface area contributed by atoms with Crippen LogP contribution in [-0.4, -0.2) is 72.5 Å². The van der Waals surface area contributed by atoms with Crippen molar-refractivity contribution in [3.63, 3.8) is 0 Å². The van der Waals surface area contributed by atoms with E-state index in [4.69, 9.17) is 4.42 Å². The monoisotopic (exact) mass is 416 g/mol. The van der Waals surface area contributed by atoms with Gasteiger partial charge in [0.05, 0.1) is 6.04 Å². The highest BCUT2D eigenvalue weighted by Gasteiger charge is 2.28. The van der Waals surface area contributed by atoms with Crippen LogP contribution in [0.25, 0.3) is 0 Å². The highest BCUT2D eigenvalue weighted by Crippen LogP contribution is 2.27. The molecule has 4 heterocycles. The fourth-order valence-electron chi connectivity index (χ4n) is 4.06. The molecule has 2 aliphatic heterocycles. The van der Waals surface area contributed by atoms with Gasteiger partial charge in [0.15, 0.2) is 5.76 Å². The first kappa shape index (κ1) is 20.0. The van der Waals surface area contributed by atoms with Crippen molar-refractivity contribution in [2.24, 2.45) is 0 Å². The number of piperazine rings is 1. The summed E-state index contributed by atoms with van der Waals surface area (Å²) in [5, 5.41) is 5.22. The van der Waals surface area contributed by atoms with Crippen molar-refractivity contribution in [2.75, 3.05) is 45.8 Å². The van der Waals surface area contributed by atoms with Gasteiger partial charge in [-0.2, -0.15) is 0 Å². The maximum atomic E-state index is 12.7. The predicted molar refractivity (Wildman–Crippen MR) is 112 cm³/mol. The minimum Gasteiger partial charge on any atom is -0.456 e. The number of carbonyl (C=O) groups excluding carboxylic acids is 2. The highest BCUT2D eigenvalue weighted by molar-refractivity contribution is 7.10. The van der Waals surface area contributed by atoms with Crippen LogP contribution in [0.15, 0.2) is 34.1 Å². The maximum absolute atomic E-state index is 12.7. The Morgan fingerprint density at radius 3 is 2.41 bits per heavy atom. The van der Waals surface area contributed by atoms with E-state index in [0.717, 1.165) is 18.8 Å². The predicted octanol–water partition coefficient (Wildman–Crippen LogP) is 2.95. The van der Waals surface area contributed by atoms with Crippen LogP contribution in [0.3, 0.4) is 0 Å². The molecule has 156 valence electrons. The quantitative estimate of drug-likeness (QED) is 0.814. The lowest BCUT2D eigenvalue weighted by molar-refractivity contribution is 0.0632. The third kappa shape index (κ3) is 4.64. The Morgan fingerprint density at radius 1 is 1.07 bits per heavy atom. The zero-order valence-electron chi connectivity index (χ0n) is 16.8. The average Bonchev–Trinajstić information content (AvgIpc) is 3.51. The average molecular weight is 417 g/mol. The van der Waals surface area contributed by atoms with Crippen molar-refractivity contribution >= 4 is 23.3 Å². The van der Waals surface area contributed by atoms with Crippen LogP contribution in [0.4, 0.5) is 4.79 Å². The van der Waals surface area contributed by atoms with Gasteiger partial charge >= 0.3 is 6.03 Å². The van der Waals surface area contributed by atoms with Crippen molar-refractivity contribution < 1.29 is 14.0 Å². The number of hydrogen-bond acceptors (Lipinski definition) is 5. The summed E-state index contributed by atoms with van der Waals surface area (Å²) in [5.41, 5.74) is 0. The molecule has 2 aromatic heterocycles. The molecule has 3 amide bonds. The van der Waals surface area contributed by atoms with Crippen LogP contribution >= 0.6 is 11.3 Å². The van der Waals surface area contributed by atoms with E-state index in [-0.39, 0.29) is 18.0 Å². The summed E-state index contributed by atoms with van der Waals surface area (Å²) in [6, 6.07) is 7.92. The molecule has 2 fully saturated rings. The summed E-state index contributed by atoms with van der Waals surface area (Å²) in [6.07, 6.45) is 2.45. The first-order chi connectivity index (χ1) is 14.1. The minimum absolute atomic E-state index is 0.0494. The number of carbonyl (C=O) groups is 2. The van der Waals surface area contributed by atoms with Crippen molar-refractivity contribution in [2.45, 2.75) is 25.8 Å². The van der Waals surface area contributed by atoms with Gasteiger partial charge < -0.3 is 19.5 Å². The molecule has 0 aromatic carbocycles. The standard InChI is InChI=1S/C21H28N4O3S/c1-16-6-7-18(28-16)20(26)24-10-12-25(13-11-24)21(27)22-15-17(19-5-4-14-29-19)23-8-2-3-9-23/h4-7,14,17H,2-3,8-13,15H2,1H3,(H,22,27). The Labute approximate surface area is 175 Å². The summed E-state index contributed by atoms with van der Waals surface area (Å²) >= 11 is 1.75. The molecular formula is C21H28N4O3S. The maximum Gasteiger partial charge on any atom is 0.317 e. The molecule has 0 saturated carbocycles. The number of nitrogens with one attached hydrogen (secondary N) is 1. The molecule has 1 N–H and O–H groups in total. The van der Waals surface area contributed by atoms with Crippen molar-refractivity contribution in [1.29, 1.82) is 0 Å². The SMILES string of the molecule is Cc1ccc(C(=O)N2CCN(C(=O)NCC(c3cccs3)N3CCCC3)CC2)o1. The second-order valence-electron chi connectivity index (χ2n) is 7.65. The van der Waals surface area contributed by atoms with Crippen LogP contribution in [0.5, 0.6) is 0 Å². The second kappa shape index (κ2) is 9.00. The number of nitrogens with zero attached hydrogens (tertiary/aromatic N) is 3.